The predicted molar refractivity (Wildman–Crippen MR) is 88.5 cm³/mol. The van der Waals surface area contributed by atoms with E-state index < -0.39 is 5.60 Å². The molecule has 2 heteroatoms. The van der Waals surface area contributed by atoms with Gasteiger partial charge in [-0.3, -0.25) is 4.90 Å². The Hall–Kier alpha value is -1.30. The highest BCUT2D eigenvalue weighted by molar-refractivity contribution is 5.48. The van der Waals surface area contributed by atoms with Crippen LogP contribution in [-0.2, 0) is 5.60 Å². The van der Waals surface area contributed by atoms with Crippen LogP contribution in [0.25, 0.3) is 0 Å². The molecule has 1 aromatic carbocycles. The first-order valence-corrected chi connectivity index (χ1v) is 8.83. The molecule has 1 heterocycles. The van der Waals surface area contributed by atoms with Crippen molar-refractivity contribution in [3.05, 3.63) is 35.4 Å². The van der Waals surface area contributed by atoms with Gasteiger partial charge in [0.2, 0.25) is 0 Å². The van der Waals surface area contributed by atoms with E-state index >= 15 is 0 Å². The van der Waals surface area contributed by atoms with Gasteiger partial charge in [0.15, 0.2) is 5.60 Å². The van der Waals surface area contributed by atoms with Crippen molar-refractivity contribution < 1.29 is 5.11 Å². The molecule has 1 saturated heterocycles. The SMILES string of the molecule is O[C@@]1(C#CCN2CCCCC2)c2ccccc2[C@@H]2CCC[C@H]21. The zero-order valence-corrected chi connectivity index (χ0v) is 13.2. The summed E-state index contributed by atoms with van der Waals surface area (Å²) in [5.74, 6) is 7.44. The Morgan fingerprint density at radius 2 is 1.91 bits per heavy atom. The fourth-order valence-corrected chi connectivity index (χ4v) is 4.76. The van der Waals surface area contributed by atoms with E-state index in [4.69, 9.17) is 0 Å². The maximum atomic E-state index is 11.4. The molecular weight excluding hydrogens is 270 g/mol. The lowest BCUT2D eigenvalue weighted by Crippen LogP contribution is -2.32. The first kappa shape index (κ1) is 14.3. The summed E-state index contributed by atoms with van der Waals surface area (Å²) >= 11 is 0. The summed E-state index contributed by atoms with van der Waals surface area (Å²) in [6.45, 7) is 3.13. The van der Waals surface area contributed by atoms with Crippen LogP contribution in [0.1, 0.15) is 55.6 Å². The molecule has 3 aliphatic rings. The van der Waals surface area contributed by atoms with Crippen LogP contribution in [0.15, 0.2) is 24.3 Å². The summed E-state index contributed by atoms with van der Waals surface area (Å²) in [5, 5.41) is 11.4. The first-order chi connectivity index (χ1) is 10.8. The van der Waals surface area contributed by atoms with Gasteiger partial charge in [0, 0.05) is 5.92 Å². The molecule has 2 nitrogen and oxygen atoms in total. The van der Waals surface area contributed by atoms with Crippen molar-refractivity contribution in [2.75, 3.05) is 19.6 Å². The molecule has 1 aromatic rings. The van der Waals surface area contributed by atoms with E-state index in [9.17, 15) is 5.11 Å². The molecule has 22 heavy (non-hydrogen) atoms. The van der Waals surface area contributed by atoms with Crippen molar-refractivity contribution in [3.8, 4) is 11.8 Å². The van der Waals surface area contributed by atoms with Crippen molar-refractivity contribution >= 4 is 0 Å². The van der Waals surface area contributed by atoms with Crippen LogP contribution in [0.3, 0.4) is 0 Å². The molecule has 0 amide bonds. The summed E-state index contributed by atoms with van der Waals surface area (Å²) < 4.78 is 0. The lowest BCUT2D eigenvalue weighted by Gasteiger charge is -2.26. The number of benzene rings is 1. The van der Waals surface area contributed by atoms with Gasteiger partial charge in [-0.2, -0.15) is 0 Å². The van der Waals surface area contributed by atoms with Gasteiger partial charge < -0.3 is 5.11 Å². The minimum Gasteiger partial charge on any atom is -0.373 e. The molecule has 0 unspecified atom stereocenters. The van der Waals surface area contributed by atoms with Crippen molar-refractivity contribution in [3.63, 3.8) is 0 Å². The number of piperidine rings is 1. The first-order valence-electron chi connectivity index (χ1n) is 8.83. The van der Waals surface area contributed by atoms with E-state index in [-0.39, 0.29) is 0 Å². The largest absolute Gasteiger partial charge is 0.373 e. The molecule has 0 bridgehead atoms. The molecule has 1 aliphatic heterocycles. The van der Waals surface area contributed by atoms with Crippen LogP contribution >= 0.6 is 0 Å². The van der Waals surface area contributed by atoms with Crippen molar-refractivity contribution in [1.82, 2.24) is 4.90 Å². The molecule has 116 valence electrons. The molecule has 4 rings (SSSR count). The van der Waals surface area contributed by atoms with Crippen LogP contribution in [0.2, 0.25) is 0 Å². The fourth-order valence-electron chi connectivity index (χ4n) is 4.76. The number of hydrogen-bond acceptors (Lipinski definition) is 2. The summed E-state index contributed by atoms with van der Waals surface area (Å²) in [4.78, 5) is 2.42. The predicted octanol–water partition coefficient (Wildman–Crippen LogP) is 3.26. The Bertz CT molecular complexity index is 608. The van der Waals surface area contributed by atoms with E-state index in [2.05, 4.69) is 34.9 Å². The summed E-state index contributed by atoms with van der Waals surface area (Å²) in [6.07, 6.45) is 7.47. The minimum atomic E-state index is -0.909. The van der Waals surface area contributed by atoms with E-state index in [1.54, 1.807) is 0 Å². The van der Waals surface area contributed by atoms with Crippen molar-refractivity contribution in [1.29, 1.82) is 0 Å². The molecule has 0 radical (unpaired) electrons. The maximum Gasteiger partial charge on any atom is 0.154 e. The van der Waals surface area contributed by atoms with Crippen LogP contribution in [0.5, 0.6) is 0 Å². The number of hydrogen-bond donors (Lipinski definition) is 1. The number of likely N-dealkylation sites (tertiary alicyclic amines) is 1. The quantitative estimate of drug-likeness (QED) is 0.804. The molecule has 1 saturated carbocycles. The molecule has 0 aromatic heterocycles. The number of nitrogens with zero attached hydrogens (tertiary/aromatic N) is 1. The lowest BCUT2D eigenvalue weighted by molar-refractivity contribution is 0.0449. The Labute approximate surface area is 133 Å². The third-order valence-corrected chi connectivity index (χ3v) is 5.85. The molecular formula is C20H25NO. The second-order valence-electron chi connectivity index (χ2n) is 7.14. The van der Waals surface area contributed by atoms with E-state index in [1.807, 2.05) is 6.07 Å². The summed E-state index contributed by atoms with van der Waals surface area (Å²) in [5.41, 5.74) is 1.52. The van der Waals surface area contributed by atoms with Crippen molar-refractivity contribution in [2.24, 2.45) is 5.92 Å². The van der Waals surface area contributed by atoms with Gasteiger partial charge in [0.05, 0.1) is 6.54 Å². The number of rotatable bonds is 1. The monoisotopic (exact) mass is 295 g/mol. The fraction of sp³-hybridized carbons (Fsp3) is 0.600. The Morgan fingerprint density at radius 3 is 2.77 bits per heavy atom. The van der Waals surface area contributed by atoms with Crippen LogP contribution in [0.4, 0.5) is 0 Å². The molecule has 3 atom stereocenters. The zero-order valence-electron chi connectivity index (χ0n) is 13.2. The molecule has 2 aliphatic carbocycles. The lowest BCUT2D eigenvalue weighted by atomic mass is 9.85. The van der Waals surface area contributed by atoms with Gasteiger partial charge in [-0.05, 0) is 55.8 Å². The third kappa shape index (κ3) is 2.28. The normalized spacial score (nSPS) is 33.9. The Morgan fingerprint density at radius 1 is 1.09 bits per heavy atom. The molecule has 2 fully saturated rings. The van der Waals surface area contributed by atoms with Gasteiger partial charge in [0.25, 0.3) is 0 Å². The number of fused-ring (bicyclic) bond motifs is 3. The van der Waals surface area contributed by atoms with Gasteiger partial charge in [-0.1, -0.05) is 48.9 Å². The smallest absolute Gasteiger partial charge is 0.154 e. The third-order valence-electron chi connectivity index (χ3n) is 5.85. The average Bonchev–Trinajstić information content (AvgIpc) is 3.13. The van der Waals surface area contributed by atoms with Crippen LogP contribution in [0, 0.1) is 17.8 Å². The standard InChI is InChI=1S/C20H25NO/c22-20(12-7-15-21-13-4-1-5-14-21)18-10-3-2-8-16(18)17-9-6-11-19(17)20/h2-3,8,10,17,19,22H,1,4-6,9,11,13-15H2/t17-,19+,20-/m0/s1. The second-order valence-corrected chi connectivity index (χ2v) is 7.14. The van der Waals surface area contributed by atoms with E-state index in [0.717, 1.165) is 31.6 Å². The van der Waals surface area contributed by atoms with Crippen LogP contribution < -0.4 is 0 Å². The van der Waals surface area contributed by atoms with Gasteiger partial charge >= 0.3 is 0 Å². The van der Waals surface area contributed by atoms with E-state index in [1.165, 1.54) is 37.7 Å². The highest BCUT2D eigenvalue weighted by atomic mass is 16.3. The maximum absolute atomic E-state index is 11.4. The van der Waals surface area contributed by atoms with Crippen molar-refractivity contribution in [2.45, 2.75) is 50.0 Å². The topological polar surface area (TPSA) is 23.5 Å². The van der Waals surface area contributed by atoms with Gasteiger partial charge in [-0.15, -0.1) is 0 Å². The van der Waals surface area contributed by atoms with E-state index in [0.29, 0.717) is 11.8 Å². The number of aliphatic hydroxyl groups is 1. The van der Waals surface area contributed by atoms with Crippen LogP contribution in [-0.4, -0.2) is 29.6 Å². The summed E-state index contributed by atoms with van der Waals surface area (Å²) in [6, 6.07) is 8.42. The van der Waals surface area contributed by atoms with Gasteiger partial charge in [0.1, 0.15) is 0 Å². The zero-order chi connectivity index (χ0) is 15.0. The molecule has 1 N–H and O–H groups in total. The highest BCUT2D eigenvalue weighted by Crippen LogP contribution is 2.56. The Balaban J connectivity index is 1.59. The Kier molecular flexibility index (Phi) is 3.72. The second kappa shape index (κ2) is 5.72. The molecule has 0 spiro atoms. The average molecular weight is 295 g/mol. The highest BCUT2D eigenvalue weighted by Gasteiger charge is 2.51. The van der Waals surface area contributed by atoms with Gasteiger partial charge in [-0.25, -0.2) is 0 Å². The summed E-state index contributed by atoms with van der Waals surface area (Å²) in [7, 11) is 0. The minimum absolute atomic E-state index is 0.304.